The molecule has 0 saturated carbocycles. The van der Waals surface area contributed by atoms with Crippen molar-refractivity contribution in [3.63, 3.8) is 0 Å². The Labute approximate surface area is 107 Å². The van der Waals surface area contributed by atoms with Gasteiger partial charge in [0.2, 0.25) is 0 Å². The highest BCUT2D eigenvalue weighted by molar-refractivity contribution is 5.95. The van der Waals surface area contributed by atoms with Gasteiger partial charge in [-0.1, -0.05) is 6.92 Å². The second kappa shape index (κ2) is 8.29. The van der Waals surface area contributed by atoms with Crippen LogP contribution in [0.4, 0.5) is 0 Å². The predicted octanol–water partition coefficient (Wildman–Crippen LogP) is 1.98. The van der Waals surface area contributed by atoms with E-state index in [0.717, 1.165) is 0 Å². The van der Waals surface area contributed by atoms with Crippen molar-refractivity contribution >= 4 is 11.9 Å². The van der Waals surface area contributed by atoms with Gasteiger partial charge in [0.05, 0.1) is 19.1 Å². The fourth-order valence-corrected chi connectivity index (χ4v) is 1.56. The maximum Gasteiger partial charge on any atom is 0.348 e. The third-order valence-electron chi connectivity index (χ3n) is 2.49. The van der Waals surface area contributed by atoms with Crippen molar-refractivity contribution in [3.05, 3.63) is 11.1 Å². The molecule has 18 heavy (non-hydrogen) atoms. The second-order valence-corrected chi connectivity index (χ2v) is 3.60. The Kier molecular flexibility index (Phi) is 7.45. The Morgan fingerprint density at radius 3 is 2.11 bits per heavy atom. The maximum atomic E-state index is 11.7. The molecule has 1 atom stereocenters. The molecule has 0 aliphatic carbocycles. The molecule has 0 heterocycles. The molecule has 5 nitrogen and oxygen atoms in total. The molecule has 0 N–H and O–H groups in total. The van der Waals surface area contributed by atoms with Crippen LogP contribution in [0.2, 0.25) is 0 Å². The smallest absolute Gasteiger partial charge is 0.348 e. The lowest BCUT2D eigenvalue weighted by Crippen LogP contribution is -2.21. The number of rotatable bonds is 6. The first-order chi connectivity index (χ1) is 8.53. The minimum Gasteiger partial charge on any atom is -0.466 e. The molecular weight excluding hydrogens is 234 g/mol. The van der Waals surface area contributed by atoms with E-state index in [4.69, 9.17) is 14.7 Å². The average molecular weight is 253 g/mol. The molecular formula is C13H19NO4. The van der Waals surface area contributed by atoms with Crippen molar-refractivity contribution in [2.75, 3.05) is 13.2 Å². The van der Waals surface area contributed by atoms with Gasteiger partial charge in [-0.05, 0) is 32.8 Å². The van der Waals surface area contributed by atoms with E-state index in [1.54, 1.807) is 33.8 Å². The van der Waals surface area contributed by atoms with E-state index in [1.165, 1.54) is 0 Å². The molecule has 0 aliphatic rings. The number of ether oxygens (including phenoxy) is 2. The summed E-state index contributed by atoms with van der Waals surface area (Å²) in [7, 11) is 0. The summed E-state index contributed by atoms with van der Waals surface area (Å²) in [6.45, 7) is 7.20. The summed E-state index contributed by atoms with van der Waals surface area (Å²) >= 11 is 0. The van der Waals surface area contributed by atoms with Crippen molar-refractivity contribution in [2.24, 2.45) is 5.92 Å². The van der Waals surface area contributed by atoms with E-state index in [9.17, 15) is 9.59 Å². The number of nitrogens with zero attached hydrogens (tertiary/aromatic N) is 1. The molecule has 100 valence electrons. The topological polar surface area (TPSA) is 76.4 Å². The van der Waals surface area contributed by atoms with Crippen molar-refractivity contribution in [1.82, 2.24) is 0 Å². The molecule has 0 aromatic heterocycles. The zero-order valence-electron chi connectivity index (χ0n) is 11.3. The van der Waals surface area contributed by atoms with Crippen molar-refractivity contribution < 1.29 is 19.1 Å². The Balaban J connectivity index is 5.24. The third-order valence-corrected chi connectivity index (χ3v) is 2.49. The first-order valence-electron chi connectivity index (χ1n) is 5.97. The van der Waals surface area contributed by atoms with Gasteiger partial charge in [-0.2, -0.15) is 5.26 Å². The second-order valence-electron chi connectivity index (χ2n) is 3.60. The molecule has 0 rings (SSSR count). The summed E-state index contributed by atoms with van der Waals surface area (Å²) in [4.78, 5) is 23.3. The van der Waals surface area contributed by atoms with E-state index in [0.29, 0.717) is 12.0 Å². The van der Waals surface area contributed by atoms with Gasteiger partial charge in [0.1, 0.15) is 11.6 Å². The van der Waals surface area contributed by atoms with Crippen LogP contribution in [0, 0.1) is 17.2 Å². The summed E-state index contributed by atoms with van der Waals surface area (Å²) in [5.41, 5.74) is 0.286. The number of carbonyl (C=O) groups is 2. The Morgan fingerprint density at radius 1 is 1.17 bits per heavy atom. The normalized spacial score (nSPS) is 13.1. The lowest BCUT2D eigenvalue weighted by molar-refractivity contribution is -0.146. The Hall–Kier alpha value is -1.83. The predicted molar refractivity (Wildman–Crippen MR) is 65.4 cm³/mol. The molecule has 0 spiro atoms. The molecule has 0 bridgehead atoms. The lowest BCUT2D eigenvalue weighted by Gasteiger charge is -2.15. The largest absolute Gasteiger partial charge is 0.466 e. The Bertz CT molecular complexity index is 379. The maximum absolute atomic E-state index is 11.7. The number of esters is 2. The molecule has 0 aromatic carbocycles. The summed E-state index contributed by atoms with van der Waals surface area (Å²) in [6.07, 6.45) is 0.468. The SMILES string of the molecule is CCOC(=O)/C(C#N)=C(\C)C(CC)C(=O)OCC. The zero-order valence-corrected chi connectivity index (χ0v) is 11.3. The molecule has 5 heteroatoms. The van der Waals surface area contributed by atoms with E-state index in [1.807, 2.05) is 0 Å². The van der Waals surface area contributed by atoms with Gasteiger partial charge in [-0.15, -0.1) is 0 Å². The van der Waals surface area contributed by atoms with Crippen molar-refractivity contribution in [2.45, 2.75) is 34.1 Å². The minimum absolute atomic E-state index is 0.114. The number of hydrogen-bond acceptors (Lipinski definition) is 5. The quantitative estimate of drug-likeness (QED) is 0.411. The molecule has 1 unspecified atom stereocenters. The van der Waals surface area contributed by atoms with Gasteiger partial charge >= 0.3 is 11.9 Å². The molecule has 0 aromatic rings. The van der Waals surface area contributed by atoms with Crippen LogP contribution < -0.4 is 0 Å². The standard InChI is InChI=1S/C13H19NO4/c1-5-10(12(15)17-6-2)9(4)11(8-14)13(16)18-7-3/h10H,5-7H2,1-4H3/b11-9+. The van der Waals surface area contributed by atoms with Gasteiger partial charge in [0, 0.05) is 0 Å². The summed E-state index contributed by atoms with van der Waals surface area (Å²) in [5, 5.41) is 8.99. The van der Waals surface area contributed by atoms with Crippen LogP contribution in [0.15, 0.2) is 11.1 Å². The fourth-order valence-electron chi connectivity index (χ4n) is 1.56. The highest BCUT2D eigenvalue weighted by atomic mass is 16.5. The van der Waals surface area contributed by atoms with Crippen molar-refractivity contribution in [3.8, 4) is 6.07 Å². The highest BCUT2D eigenvalue weighted by Gasteiger charge is 2.25. The van der Waals surface area contributed by atoms with Crippen LogP contribution in [0.25, 0.3) is 0 Å². The summed E-state index contributed by atoms with van der Waals surface area (Å²) < 4.78 is 9.69. The molecule has 0 radical (unpaired) electrons. The summed E-state index contributed by atoms with van der Waals surface area (Å²) in [5.74, 6) is -1.70. The van der Waals surface area contributed by atoms with Gasteiger partial charge in [-0.3, -0.25) is 4.79 Å². The highest BCUT2D eigenvalue weighted by Crippen LogP contribution is 2.21. The minimum atomic E-state index is -0.694. The van der Waals surface area contributed by atoms with E-state index in [-0.39, 0.29) is 18.8 Å². The monoisotopic (exact) mass is 253 g/mol. The third kappa shape index (κ3) is 4.21. The van der Waals surface area contributed by atoms with Crippen LogP contribution in [0.3, 0.4) is 0 Å². The van der Waals surface area contributed by atoms with Crippen LogP contribution in [0.5, 0.6) is 0 Å². The van der Waals surface area contributed by atoms with E-state index < -0.39 is 17.9 Å². The van der Waals surface area contributed by atoms with Crippen LogP contribution in [-0.4, -0.2) is 25.2 Å². The van der Waals surface area contributed by atoms with Gasteiger partial charge in [0.15, 0.2) is 0 Å². The first kappa shape index (κ1) is 16.2. The average Bonchev–Trinajstić information content (AvgIpc) is 2.31. The lowest BCUT2D eigenvalue weighted by atomic mass is 9.93. The molecule has 0 fully saturated rings. The first-order valence-corrected chi connectivity index (χ1v) is 5.97. The summed E-state index contributed by atoms with van der Waals surface area (Å²) in [6, 6.07) is 1.80. The molecule has 0 aliphatic heterocycles. The van der Waals surface area contributed by atoms with Gasteiger partial charge in [-0.25, -0.2) is 4.79 Å². The number of nitriles is 1. The number of hydrogen-bond donors (Lipinski definition) is 0. The van der Waals surface area contributed by atoms with E-state index >= 15 is 0 Å². The Morgan fingerprint density at radius 2 is 1.72 bits per heavy atom. The van der Waals surface area contributed by atoms with Crippen LogP contribution in [-0.2, 0) is 19.1 Å². The van der Waals surface area contributed by atoms with Crippen LogP contribution in [0.1, 0.15) is 34.1 Å². The fraction of sp³-hybridized carbons (Fsp3) is 0.615. The van der Waals surface area contributed by atoms with Gasteiger partial charge in [0.25, 0.3) is 0 Å². The van der Waals surface area contributed by atoms with Crippen LogP contribution >= 0.6 is 0 Å². The zero-order chi connectivity index (χ0) is 14.1. The molecule has 0 amide bonds. The molecule has 0 saturated heterocycles. The van der Waals surface area contributed by atoms with Crippen molar-refractivity contribution in [1.29, 1.82) is 5.26 Å². The van der Waals surface area contributed by atoms with E-state index in [2.05, 4.69) is 0 Å². The van der Waals surface area contributed by atoms with Gasteiger partial charge < -0.3 is 9.47 Å². The number of carbonyl (C=O) groups excluding carboxylic acids is 2.